The zero-order chi connectivity index (χ0) is 11.5. The van der Waals surface area contributed by atoms with Crippen LogP contribution in [-0.2, 0) is 4.79 Å². The van der Waals surface area contributed by atoms with Crippen LogP contribution in [0.5, 0.6) is 0 Å². The zero-order valence-electron chi connectivity index (χ0n) is 10.0. The molecule has 1 aliphatic rings. The van der Waals surface area contributed by atoms with Crippen molar-refractivity contribution in [1.82, 2.24) is 0 Å². The number of nitriles is 1. The van der Waals surface area contributed by atoms with Gasteiger partial charge in [0.1, 0.15) is 5.92 Å². The molecule has 1 unspecified atom stereocenters. The van der Waals surface area contributed by atoms with Crippen molar-refractivity contribution in [2.45, 2.75) is 52.9 Å². The third-order valence-corrected chi connectivity index (χ3v) is 3.85. The molecule has 0 N–H and O–H groups in total. The van der Waals surface area contributed by atoms with Crippen LogP contribution >= 0.6 is 0 Å². The maximum atomic E-state index is 12.3. The predicted octanol–water partition coefficient (Wildman–Crippen LogP) is 3.32. The number of hydrogen-bond donors (Lipinski definition) is 0. The van der Waals surface area contributed by atoms with Crippen molar-refractivity contribution in [2.24, 2.45) is 17.3 Å². The van der Waals surface area contributed by atoms with E-state index in [0.29, 0.717) is 0 Å². The summed E-state index contributed by atoms with van der Waals surface area (Å²) in [6, 6.07) is 2.19. The minimum Gasteiger partial charge on any atom is -0.298 e. The standard InChI is InChI=1S/C13H21NO/c1-4-13(7-5-6-8-13)12(15)11(9-14)10(2)3/h10-11H,4-8H2,1-3H3. The van der Waals surface area contributed by atoms with Gasteiger partial charge in [-0.3, -0.25) is 4.79 Å². The van der Waals surface area contributed by atoms with Crippen LogP contribution in [0.25, 0.3) is 0 Å². The first-order valence-electron chi connectivity index (χ1n) is 6.01. The Labute approximate surface area is 92.7 Å². The maximum Gasteiger partial charge on any atom is 0.156 e. The molecule has 2 nitrogen and oxygen atoms in total. The molecule has 1 aliphatic carbocycles. The van der Waals surface area contributed by atoms with Gasteiger partial charge in [-0.05, 0) is 25.2 Å². The van der Waals surface area contributed by atoms with Crippen LogP contribution in [-0.4, -0.2) is 5.78 Å². The van der Waals surface area contributed by atoms with E-state index in [1.807, 2.05) is 13.8 Å². The Kier molecular flexibility index (Phi) is 3.90. The lowest BCUT2D eigenvalue weighted by Crippen LogP contribution is -2.35. The van der Waals surface area contributed by atoms with Crippen molar-refractivity contribution < 1.29 is 4.79 Å². The second-order valence-electron chi connectivity index (χ2n) is 5.06. The predicted molar refractivity (Wildman–Crippen MR) is 60.1 cm³/mol. The number of carbonyl (C=O) groups is 1. The molecule has 0 aliphatic heterocycles. The highest BCUT2D eigenvalue weighted by Gasteiger charge is 2.43. The Bertz CT molecular complexity index is 269. The van der Waals surface area contributed by atoms with E-state index in [2.05, 4.69) is 13.0 Å². The molecule has 0 aromatic heterocycles. The van der Waals surface area contributed by atoms with Crippen LogP contribution in [0, 0.1) is 28.6 Å². The van der Waals surface area contributed by atoms with Gasteiger partial charge in [-0.2, -0.15) is 5.26 Å². The molecule has 1 saturated carbocycles. The number of rotatable bonds is 4. The van der Waals surface area contributed by atoms with Crippen LogP contribution < -0.4 is 0 Å². The summed E-state index contributed by atoms with van der Waals surface area (Å²) in [7, 11) is 0. The molecule has 1 fully saturated rings. The van der Waals surface area contributed by atoms with Crippen LogP contribution in [0.15, 0.2) is 0 Å². The second-order valence-corrected chi connectivity index (χ2v) is 5.06. The van der Waals surface area contributed by atoms with Crippen LogP contribution in [0.4, 0.5) is 0 Å². The van der Waals surface area contributed by atoms with Crippen LogP contribution in [0.3, 0.4) is 0 Å². The van der Waals surface area contributed by atoms with E-state index in [0.717, 1.165) is 32.1 Å². The van der Waals surface area contributed by atoms with E-state index in [1.54, 1.807) is 0 Å². The van der Waals surface area contributed by atoms with Crippen molar-refractivity contribution in [3.05, 3.63) is 0 Å². The Balaban J connectivity index is 2.86. The molecule has 0 spiro atoms. The quantitative estimate of drug-likeness (QED) is 0.709. The molecule has 2 heteroatoms. The molecule has 84 valence electrons. The Morgan fingerprint density at radius 3 is 2.27 bits per heavy atom. The molecule has 0 bridgehead atoms. The van der Waals surface area contributed by atoms with Crippen LogP contribution in [0.1, 0.15) is 52.9 Å². The summed E-state index contributed by atoms with van der Waals surface area (Å²) in [5.74, 6) is -0.0467. The molecule has 1 atom stereocenters. The van der Waals surface area contributed by atoms with Gasteiger partial charge >= 0.3 is 0 Å². The van der Waals surface area contributed by atoms with E-state index in [9.17, 15) is 4.79 Å². The summed E-state index contributed by atoms with van der Waals surface area (Å²) in [6.45, 7) is 6.01. The average molecular weight is 207 g/mol. The first kappa shape index (κ1) is 12.2. The van der Waals surface area contributed by atoms with Gasteiger partial charge in [0.05, 0.1) is 6.07 Å². The summed E-state index contributed by atoms with van der Waals surface area (Å²) in [4.78, 5) is 12.3. The van der Waals surface area contributed by atoms with Gasteiger partial charge in [-0.25, -0.2) is 0 Å². The fraction of sp³-hybridized carbons (Fsp3) is 0.846. The van der Waals surface area contributed by atoms with Gasteiger partial charge < -0.3 is 0 Å². The SMILES string of the molecule is CCC1(C(=O)C(C#N)C(C)C)CCCC1. The van der Waals surface area contributed by atoms with Gasteiger partial charge in [0.2, 0.25) is 0 Å². The Hall–Kier alpha value is -0.840. The molecule has 1 rings (SSSR count). The fourth-order valence-corrected chi connectivity index (χ4v) is 2.67. The molecule has 0 heterocycles. The molecule has 0 radical (unpaired) electrons. The van der Waals surface area contributed by atoms with Gasteiger partial charge in [0, 0.05) is 5.41 Å². The van der Waals surface area contributed by atoms with E-state index in [-0.39, 0.29) is 17.1 Å². The number of carbonyl (C=O) groups excluding carboxylic acids is 1. The summed E-state index contributed by atoms with van der Waals surface area (Å²) < 4.78 is 0. The summed E-state index contributed by atoms with van der Waals surface area (Å²) >= 11 is 0. The van der Waals surface area contributed by atoms with Gasteiger partial charge in [0.25, 0.3) is 0 Å². The number of ketones is 1. The van der Waals surface area contributed by atoms with E-state index in [4.69, 9.17) is 5.26 Å². The lowest BCUT2D eigenvalue weighted by atomic mass is 9.72. The molecule has 15 heavy (non-hydrogen) atoms. The topological polar surface area (TPSA) is 40.9 Å². The molecule has 0 saturated heterocycles. The maximum absolute atomic E-state index is 12.3. The molecule has 0 aromatic carbocycles. The lowest BCUT2D eigenvalue weighted by molar-refractivity contribution is -0.132. The molecule has 0 aromatic rings. The third-order valence-electron chi connectivity index (χ3n) is 3.85. The normalized spacial score (nSPS) is 21.3. The van der Waals surface area contributed by atoms with Gasteiger partial charge in [0.15, 0.2) is 5.78 Å². The monoisotopic (exact) mass is 207 g/mol. The zero-order valence-corrected chi connectivity index (χ0v) is 10.0. The van der Waals surface area contributed by atoms with Crippen LogP contribution in [0.2, 0.25) is 0 Å². The van der Waals surface area contributed by atoms with E-state index >= 15 is 0 Å². The molecular formula is C13H21NO. The van der Waals surface area contributed by atoms with E-state index in [1.165, 1.54) is 0 Å². The largest absolute Gasteiger partial charge is 0.298 e. The van der Waals surface area contributed by atoms with E-state index < -0.39 is 5.92 Å². The Morgan fingerprint density at radius 2 is 1.93 bits per heavy atom. The first-order valence-corrected chi connectivity index (χ1v) is 6.01. The summed E-state index contributed by atoms with van der Waals surface area (Å²) in [5, 5.41) is 9.07. The van der Waals surface area contributed by atoms with Crippen molar-refractivity contribution in [3.8, 4) is 6.07 Å². The number of nitrogens with zero attached hydrogens (tertiary/aromatic N) is 1. The highest BCUT2D eigenvalue weighted by Crippen LogP contribution is 2.44. The highest BCUT2D eigenvalue weighted by atomic mass is 16.1. The third kappa shape index (κ3) is 2.22. The van der Waals surface area contributed by atoms with Crippen molar-refractivity contribution in [3.63, 3.8) is 0 Å². The second kappa shape index (κ2) is 4.79. The summed E-state index contributed by atoms with van der Waals surface area (Å²) in [6.07, 6.45) is 5.18. The van der Waals surface area contributed by atoms with Crippen molar-refractivity contribution in [2.75, 3.05) is 0 Å². The Morgan fingerprint density at radius 1 is 1.40 bits per heavy atom. The molecule has 0 amide bonds. The number of Topliss-reactive ketones (excluding diaryl/α,β-unsaturated/α-hetero) is 1. The smallest absolute Gasteiger partial charge is 0.156 e. The van der Waals surface area contributed by atoms with Crippen molar-refractivity contribution >= 4 is 5.78 Å². The van der Waals surface area contributed by atoms with Gasteiger partial charge in [-0.15, -0.1) is 0 Å². The average Bonchev–Trinajstić information content (AvgIpc) is 2.67. The van der Waals surface area contributed by atoms with Crippen molar-refractivity contribution in [1.29, 1.82) is 5.26 Å². The lowest BCUT2D eigenvalue weighted by Gasteiger charge is -2.29. The summed E-state index contributed by atoms with van der Waals surface area (Å²) in [5.41, 5.74) is -0.162. The highest BCUT2D eigenvalue weighted by molar-refractivity contribution is 5.89. The van der Waals surface area contributed by atoms with Gasteiger partial charge in [-0.1, -0.05) is 33.6 Å². The minimum atomic E-state index is -0.400. The fourth-order valence-electron chi connectivity index (χ4n) is 2.67. The molecular weight excluding hydrogens is 186 g/mol. The number of hydrogen-bond acceptors (Lipinski definition) is 2. The first-order chi connectivity index (χ1) is 7.07. The minimum absolute atomic E-state index is 0.145.